The molecule has 1 aliphatic heterocycles. The van der Waals surface area contributed by atoms with Crippen LogP contribution in [0.1, 0.15) is 67.7 Å². The van der Waals surface area contributed by atoms with Crippen LogP contribution in [0, 0.1) is 5.92 Å². The van der Waals surface area contributed by atoms with Crippen molar-refractivity contribution in [3.63, 3.8) is 0 Å². The molecule has 1 amide bonds. The maximum Gasteiger partial charge on any atom is 0.410 e. The van der Waals surface area contributed by atoms with E-state index in [1.165, 1.54) is 4.90 Å². The highest BCUT2D eigenvalue weighted by Crippen LogP contribution is 2.41. The molecule has 0 spiro atoms. The number of esters is 1. The normalized spacial score (nSPS) is 22.4. The highest BCUT2D eigenvalue weighted by atomic mass is 28.4. The number of nitrogens with zero attached hydrogens (tertiary/aromatic N) is 1. The first-order chi connectivity index (χ1) is 14.0. The van der Waals surface area contributed by atoms with Gasteiger partial charge in [-0.05, 0) is 58.7 Å². The standard InChI is InChI=1S/C22H41NO7Si/c1-10-28-19(26)18-15(12-11-13-17(24)25)23(20(27)29-21(2,3)4)14-16(18)30-31(8,9)22(5,6)7/h15-16,18H,10-14H2,1-9H3,(H,24,25)/t15-,16+,18?/m1/s1. The van der Waals surface area contributed by atoms with Crippen LogP contribution in [0.3, 0.4) is 0 Å². The van der Waals surface area contributed by atoms with Crippen molar-refractivity contribution in [3.05, 3.63) is 0 Å². The summed E-state index contributed by atoms with van der Waals surface area (Å²) in [6.07, 6.45) is -0.401. The van der Waals surface area contributed by atoms with Gasteiger partial charge in [0.1, 0.15) is 11.5 Å². The molecular weight excluding hydrogens is 418 g/mol. The highest BCUT2D eigenvalue weighted by molar-refractivity contribution is 6.74. The van der Waals surface area contributed by atoms with Gasteiger partial charge in [-0.1, -0.05) is 20.8 Å². The summed E-state index contributed by atoms with van der Waals surface area (Å²) in [4.78, 5) is 38.5. The Morgan fingerprint density at radius 1 is 1.10 bits per heavy atom. The van der Waals surface area contributed by atoms with E-state index in [0.29, 0.717) is 12.8 Å². The molecule has 1 heterocycles. The van der Waals surface area contributed by atoms with Gasteiger partial charge >= 0.3 is 18.0 Å². The van der Waals surface area contributed by atoms with Crippen molar-refractivity contribution in [3.8, 4) is 0 Å². The molecule has 1 unspecified atom stereocenters. The highest BCUT2D eigenvalue weighted by Gasteiger charge is 2.52. The lowest BCUT2D eigenvalue weighted by Gasteiger charge is -2.39. The van der Waals surface area contributed by atoms with Crippen LogP contribution in [0.5, 0.6) is 0 Å². The molecule has 0 radical (unpaired) electrons. The predicted molar refractivity (Wildman–Crippen MR) is 120 cm³/mol. The van der Waals surface area contributed by atoms with E-state index in [1.54, 1.807) is 27.7 Å². The Morgan fingerprint density at radius 3 is 2.13 bits per heavy atom. The van der Waals surface area contributed by atoms with E-state index in [0.717, 1.165) is 0 Å². The van der Waals surface area contributed by atoms with Gasteiger partial charge in [0.05, 0.1) is 25.3 Å². The molecule has 9 heteroatoms. The Bertz CT molecular complexity index is 651. The molecule has 0 saturated carbocycles. The lowest BCUT2D eigenvalue weighted by molar-refractivity contribution is -0.151. The topological polar surface area (TPSA) is 102 Å². The van der Waals surface area contributed by atoms with Gasteiger partial charge in [0.15, 0.2) is 8.32 Å². The minimum absolute atomic E-state index is 0.0397. The number of hydrogen-bond donors (Lipinski definition) is 1. The maximum atomic E-state index is 13.0. The first-order valence-corrected chi connectivity index (χ1v) is 14.0. The van der Waals surface area contributed by atoms with E-state index in [-0.39, 0.29) is 24.6 Å². The van der Waals surface area contributed by atoms with Crippen LogP contribution in [0.4, 0.5) is 4.79 Å². The Kier molecular flexibility index (Phi) is 9.14. The molecular formula is C22H41NO7Si. The third-order valence-corrected chi connectivity index (χ3v) is 10.4. The summed E-state index contributed by atoms with van der Waals surface area (Å²) in [7, 11) is -2.25. The Hall–Kier alpha value is -1.61. The lowest BCUT2D eigenvalue weighted by atomic mass is 9.94. The number of amides is 1. The third kappa shape index (κ3) is 7.79. The number of carboxylic acid groups (broad SMARTS) is 1. The van der Waals surface area contributed by atoms with Gasteiger partial charge in [-0.2, -0.15) is 0 Å². The van der Waals surface area contributed by atoms with Crippen molar-refractivity contribution in [2.24, 2.45) is 5.92 Å². The second kappa shape index (κ2) is 10.3. The van der Waals surface area contributed by atoms with Crippen molar-refractivity contribution in [2.75, 3.05) is 13.2 Å². The molecule has 180 valence electrons. The van der Waals surface area contributed by atoms with Gasteiger partial charge in [0.2, 0.25) is 0 Å². The van der Waals surface area contributed by atoms with Crippen molar-refractivity contribution in [1.29, 1.82) is 0 Å². The fourth-order valence-corrected chi connectivity index (χ4v) is 4.76. The fraction of sp³-hybridized carbons (Fsp3) is 0.864. The molecule has 8 nitrogen and oxygen atoms in total. The van der Waals surface area contributed by atoms with Gasteiger partial charge in [-0.15, -0.1) is 0 Å². The molecule has 1 rings (SSSR count). The number of carbonyl (C=O) groups is 3. The SMILES string of the molecule is CCOC(=O)C1[C@@H](O[Si](C)(C)C(C)(C)C)CN(C(=O)OC(C)(C)C)[C@@H]1CCCC(=O)O. The number of aliphatic carboxylic acids is 1. The molecule has 1 aliphatic rings. The summed E-state index contributed by atoms with van der Waals surface area (Å²) >= 11 is 0. The van der Waals surface area contributed by atoms with Crippen LogP contribution >= 0.6 is 0 Å². The van der Waals surface area contributed by atoms with E-state index >= 15 is 0 Å². The van der Waals surface area contributed by atoms with Gasteiger partial charge < -0.3 is 23.9 Å². The Morgan fingerprint density at radius 2 is 1.68 bits per heavy atom. The summed E-state index contributed by atoms with van der Waals surface area (Å²) < 4.78 is 17.5. The molecule has 0 aromatic heterocycles. The van der Waals surface area contributed by atoms with Gasteiger partial charge in [0, 0.05) is 6.42 Å². The van der Waals surface area contributed by atoms with E-state index in [4.69, 9.17) is 19.0 Å². The molecule has 3 atom stereocenters. The van der Waals surface area contributed by atoms with Gasteiger partial charge in [-0.3, -0.25) is 9.59 Å². The average Bonchev–Trinajstić information content (AvgIpc) is 2.90. The van der Waals surface area contributed by atoms with E-state index < -0.39 is 50.0 Å². The first-order valence-electron chi connectivity index (χ1n) is 11.1. The Balaban J connectivity index is 3.29. The third-order valence-electron chi connectivity index (χ3n) is 5.92. The monoisotopic (exact) mass is 459 g/mol. The summed E-state index contributed by atoms with van der Waals surface area (Å²) in [6.45, 7) is 18.1. The minimum Gasteiger partial charge on any atom is -0.481 e. The van der Waals surface area contributed by atoms with Crippen LogP contribution < -0.4 is 0 Å². The number of rotatable bonds is 8. The van der Waals surface area contributed by atoms with Gasteiger partial charge in [-0.25, -0.2) is 4.79 Å². The molecule has 31 heavy (non-hydrogen) atoms. The number of ether oxygens (including phenoxy) is 2. The van der Waals surface area contributed by atoms with Crippen LogP contribution in [-0.4, -0.2) is 67.3 Å². The van der Waals surface area contributed by atoms with Crippen LogP contribution in [0.15, 0.2) is 0 Å². The minimum atomic E-state index is -2.25. The molecule has 1 saturated heterocycles. The number of carboxylic acids is 1. The Labute approximate surface area is 187 Å². The lowest BCUT2D eigenvalue weighted by Crippen LogP contribution is -2.47. The first kappa shape index (κ1) is 27.4. The maximum absolute atomic E-state index is 13.0. The smallest absolute Gasteiger partial charge is 0.410 e. The van der Waals surface area contributed by atoms with Crippen LogP contribution in [0.25, 0.3) is 0 Å². The summed E-state index contributed by atoms with van der Waals surface area (Å²) in [6, 6.07) is -0.539. The number of likely N-dealkylation sites (tertiary alicyclic amines) is 1. The average molecular weight is 460 g/mol. The zero-order valence-electron chi connectivity index (χ0n) is 20.6. The summed E-state index contributed by atoms with van der Waals surface area (Å²) in [5.41, 5.74) is -0.694. The zero-order chi connectivity index (χ0) is 24.2. The van der Waals surface area contributed by atoms with E-state index in [9.17, 15) is 14.4 Å². The molecule has 0 bridgehead atoms. The molecule has 0 aromatic carbocycles. The number of carbonyl (C=O) groups excluding carboxylic acids is 2. The fourth-order valence-electron chi connectivity index (χ4n) is 3.43. The van der Waals surface area contributed by atoms with Crippen molar-refractivity contribution in [2.45, 2.75) is 104 Å². The second-order valence-electron chi connectivity index (χ2n) is 10.7. The van der Waals surface area contributed by atoms with Crippen molar-refractivity contribution >= 4 is 26.3 Å². The molecule has 1 N–H and O–H groups in total. The molecule has 0 aromatic rings. The zero-order valence-corrected chi connectivity index (χ0v) is 21.6. The van der Waals surface area contributed by atoms with Crippen LogP contribution in [0.2, 0.25) is 18.1 Å². The van der Waals surface area contributed by atoms with Crippen LogP contribution in [-0.2, 0) is 23.5 Å². The van der Waals surface area contributed by atoms with E-state index in [2.05, 4.69) is 33.9 Å². The van der Waals surface area contributed by atoms with Crippen molar-refractivity contribution in [1.82, 2.24) is 4.90 Å². The molecule has 1 fully saturated rings. The largest absolute Gasteiger partial charge is 0.481 e. The van der Waals surface area contributed by atoms with Gasteiger partial charge in [0.25, 0.3) is 0 Å². The molecule has 0 aliphatic carbocycles. The summed E-state index contributed by atoms with van der Waals surface area (Å²) in [5, 5.41) is 8.97. The second-order valence-corrected chi connectivity index (χ2v) is 15.4. The predicted octanol–water partition coefficient (Wildman–Crippen LogP) is 4.43. The van der Waals surface area contributed by atoms with E-state index in [1.807, 2.05) is 0 Å². The number of hydrogen-bond acceptors (Lipinski definition) is 6. The summed E-state index contributed by atoms with van der Waals surface area (Å²) in [5.74, 6) is -2.02. The quantitative estimate of drug-likeness (QED) is 0.423. The van der Waals surface area contributed by atoms with Crippen molar-refractivity contribution < 1.29 is 33.4 Å².